The number of ether oxygens (including phenoxy) is 1. The van der Waals surface area contributed by atoms with Gasteiger partial charge in [-0.2, -0.15) is 0 Å². The number of aliphatic carboxylic acids is 1. The summed E-state index contributed by atoms with van der Waals surface area (Å²) in [6.45, 7) is 11.0. The summed E-state index contributed by atoms with van der Waals surface area (Å²) < 4.78 is 11.4. The molecule has 1 rings (SSSR count). The lowest BCUT2D eigenvalue weighted by atomic mass is 10.2. The van der Waals surface area contributed by atoms with E-state index >= 15 is 0 Å². The lowest BCUT2D eigenvalue weighted by Gasteiger charge is -2.36. The Bertz CT molecular complexity index is 517. The average molecular weight is 346 g/mol. The highest BCUT2D eigenvalue weighted by atomic mass is 35.5. The number of halogens is 1. The zero-order valence-electron chi connectivity index (χ0n) is 13.7. The molecule has 0 amide bonds. The molecule has 1 unspecified atom stereocenters. The van der Waals surface area contributed by atoms with Gasteiger partial charge in [-0.15, -0.1) is 0 Å². The molecule has 0 aliphatic heterocycles. The second kappa shape index (κ2) is 7.44. The summed E-state index contributed by atoms with van der Waals surface area (Å²) in [5, 5.41) is 9.76. The number of hydrogen-bond donors (Lipinski definition) is 1. The Kier molecular flexibility index (Phi) is 6.40. The Morgan fingerprint density at radius 1 is 1.41 bits per heavy atom. The van der Waals surface area contributed by atoms with Crippen molar-refractivity contribution < 1.29 is 19.1 Å². The maximum atomic E-state index is 11.3. The molecule has 0 bridgehead atoms. The van der Waals surface area contributed by atoms with Gasteiger partial charge in [0.15, 0.2) is 14.4 Å². The Morgan fingerprint density at radius 3 is 2.55 bits per heavy atom. The zero-order valence-corrected chi connectivity index (χ0v) is 15.5. The van der Waals surface area contributed by atoms with Gasteiger partial charge in [0.2, 0.25) is 0 Å². The summed E-state index contributed by atoms with van der Waals surface area (Å²) in [5.41, 5.74) is 0. The third-order valence-corrected chi connectivity index (χ3v) is 8.63. The molecule has 5 nitrogen and oxygen atoms in total. The molecule has 124 valence electrons. The fourth-order valence-corrected chi connectivity index (χ4v) is 2.72. The second-order valence-corrected chi connectivity index (χ2v) is 11.9. The summed E-state index contributed by atoms with van der Waals surface area (Å²) in [7, 11) is -1.89. The number of carboxylic acid groups (broad SMARTS) is 1. The van der Waals surface area contributed by atoms with E-state index in [2.05, 4.69) is 38.8 Å². The average Bonchev–Trinajstić information content (AvgIpc) is 2.36. The molecule has 1 atom stereocenters. The zero-order chi connectivity index (χ0) is 17.0. The molecule has 0 fully saturated rings. The Labute approximate surface area is 137 Å². The monoisotopic (exact) mass is 345 g/mol. The van der Waals surface area contributed by atoms with Crippen molar-refractivity contribution >= 4 is 25.9 Å². The SMILES string of the molecule is CC(C)(C)[Si](C)(C)OCCC(Oc1cncc(Cl)c1)C(=O)O. The maximum Gasteiger partial charge on any atom is 0.344 e. The van der Waals surface area contributed by atoms with Gasteiger partial charge in [-0.1, -0.05) is 32.4 Å². The standard InChI is InChI=1S/C15H24ClNO4Si/c1-15(2,3)22(4,5)20-7-6-13(14(18)19)21-12-8-11(16)9-17-10-12/h8-10,13H,6-7H2,1-5H3,(H,18,19). The van der Waals surface area contributed by atoms with Crippen molar-refractivity contribution in [1.29, 1.82) is 0 Å². The molecule has 0 saturated carbocycles. The smallest absolute Gasteiger partial charge is 0.344 e. The molecule has 0 saturated heterocycles. The first-order chi connectivity index (χ1) is 10.0. The van der Waals surface area contributed by atoms with Crippen molar-refractivity contribution in [3.63, 3.8) is 0 Å². The van der Waals surface area contributed by atoms with Crippen LogP contribution in [0, 0.1) is 0 Å². The van der Waals surface area contributed by atoms with Crippen molar-refractivity contribution in [3.8, 4) is 5.75 Å². The number of pyridine rings is 1. The van der Waals surface area contributed by atoms with Crippen LogP contribution in [0.4, 0.5) is 0 Å². The highest BCUT2D eigenvalue weighted by Crippen LogP contribution is 2.36. The normalized spacial score (nSPS) is 13.7. The first-order valence-corrected chi connectivity index (χ1v) is 10.5. The van der Waals surface area contributed by atoms with Gasteiger partial charge >= 0.3 is 5.97 Å². The molecule has 7 heteroatoms. The van der Waals surface area contributed by atoms with E-state index in [1.165, 1.54) is 12.4 Å². The van der Waals surface area contributed by atoms with Gasteiger partial charge in [-0.25, -0.2) is 4.79 Å². The van der Waals surface area contributed by atoms with Crippen LogP contribution in [0.2, 0.25) is 23.2 Å². The number of carbonyl (C=O) groups is 1. The largest absolute Gasteiger partial charge is 0.479 e. The highest BCUT2D eigenvalue weighted by molar-refractivity contribution is 6.74. The number of aromatic nitrogens is 1. The molecule has 1 N–H and O–H groups in total. The summed E-state index contributed by atoms with van der Waals surface area (Å²) in [6.07, 6.45) is 2.19. The second-order valence-electron chi connectivity index (χ2n) is 6.68. The van der Waals surface area contributed by atoms with E-state index in [9.17, 15) is 9.90 Å². The molecule has 0 spiro atoms. The summed E-state index contributed by atoms with van der Waals surface area (Å²) >= 11 is 5.81. The molecular weight excluding hydrogens is 322 g/mol. The Balaban J connectivity index is 2.61. The molecule has 1 heterocycles. The Hall–Kier alpha value is -1.11. The highest BCUT2D eigenvalue weighted by Gasteiger charge is 2.37. The van der Waals surface area contributed by atoms with Crippen LogP contribution in [0.3, 0.4) is 0 Å². The van der Waals surface area contributed by atoms with Crippen molar-refractivity contribution in [3.05, 3.63) is 23.5 Å². The van der Waals surface area contributed by atoms with Gasteiger partial charge < -0.3 is 14.3 Å². The van der Waals surface area contributed by atoms with Crippen LogP contribution in [0.1, 0.15) is 27.2 Å². The van der Waals surface area contributed by atoms with Crippen LogP contribution in [-0.4, -0.2) is 37.1 Å². The molecule has 1 aromatic rings. The predicted molar refractivity (Wildman–Crippen MR) is 89.1 cm³/mol. The topological polar surface area (TPSA) is 68.7 Å². The summed E-state index contributed by atoms with van der Waals surface area (Å²) in [4.78, 5) is 15.2. The number of rotatable bonds is 7. The van der Waals surface area contributed by atoms with Crippen LogP contribution in [0.5, 0.6) is 5.75 Å². The minimum Gasteiger partial charge on any atom is -0.479 e. The maximum absolute atomic E-state index is 11.3. The molecule has 0 aliphatic rings. The quantitative estimate of drug-likeness (QED) is 0.757. The van der Waals surface area contributed by atoms with Gasteiger partial charge in [-0.3, -0.25) is 4.98 Å². The predicted octanol–water partition coefficient (Wildman–Crippen LogP) is 3.98. The van der Waals surface area contributed by atoms with Crippen molar-refractivity contribution in [2.75, 3.05) is 6.61 Å². The van der Waals surface area contributed by atoms with Crippen LogP contribution >= 0.6 is 11.6 Å². The minimum atomic E-state index is -1.89. The van der Waals surface area contributed by atoms with E-state index in [4.69, 9.17) is 20.8 Å². The van der Waals surface area contributed by atoms with Gasteiger partial charge in [0, 0.05) is 25.3 Å². The van der Waals surface area contributed by atoms with E-state index in [0.29, 0.717) is 17.4 Å². The number of carboxylic acids is 1. The fourth-order valence-electron chi connectivity index (χ4n) is 1.49. The van der Waals surface area contributed by atoms with E-state index in [-0.39, 0.29) is 11.5 Å². The van der Waals surface area contributed by atoms with Crippen molar-refractivity contribution in [1.82, 2.24) is 4.98 Å². The number of nitrogens with zero attached hydrogens (tertiary/aromatic N) is 1. The molecule has 0 radical (unpaired) electrons. The molecule has 1 aromatic heterocycles. The van der Waals surface area contributed by atoms with Crippen LogP contribution < -0.4 is 4.74 Å². The van der Waals surface area contributed by atoms with Gasteiger partial charge in [-0.05, 0) is 18.1 Å². The van der Waals surface area contributed by atoms with Crippen LogP contribution in [-0.2, 0) is 9.22 Å². The molecule has 0 aromatic carbocycles. The van der Waals surface area contributed by atoms with Crippen molar-refractivity contribution in [2.24, 2.45) is 0 Å². The van der Waals surface area contributed by atoms with Gasteiger partial charge in [0.1, 0.15) is 5.75 Å². The third-order valence-electron chi connectivity index (χ3n) is 3.88. The molecular formula is C15H24ClNO4Si. The van der Waals surface area contributed by atoms with Gasteiger partial charge in [0.05, 0.1) is 11.2 Å². The number of hydrogen-bond acceptors (Lipinski definition) is 4. The summed E-state index contributed by atoms with van der Waals surface area (Å²) in [6, 6.07) is 1.54. The van der Waals surface area contributed by atoms with E-state index in [1.54, 1.807) is 6.07 Å². The molecule has 0 aliphatic carbocycles. The lowest BCUT2D eigenvalue weighted by molar-refractivity contribution is -0.145. The van der Waals surface area contributed by atoms with E-state index < -0.39 is 20.4 Å². The van der Waals surface area contributed by atoms with Crippen LogP contribution in [0.15, 0.2) is 18.5 Å². The van der Waals surface area contributed by atoms with Crippen LogP contribution in [0.25, 0.3) is 0 Å². The Morgan fingerprint density at radius 2 is 2.05 bits per heavy atom. The first kappa shape index (κ1) is 18.9. The summed E-state index contributed by atoms with van der Waals surface area (Å²) in [5.74, 6) is -0.689. The van der Waals surface area contributed by atoms with E-state index in [1.807, 2.05) is 0 Å². The first-order valence-electron chi connectivity index (χ1n) is 7.17. The van der Waals surface area contributed by atoms with Gasteiger partial charge in [0.25, 0.3) is 0 Å². The molecule has 22 heavy (non-hydrogen) atoms. The van der Waals surface area contributed by atoms with E-state index in [0.717, 1.165) is 0 Å². The fraction of sp³-hybridized carbons (Fsp3) is 0.600. The van der Waals surface area contributed by atoms with Crippen molar-refractivity contribution in [2.45, 2.75) is 51.4 Å². The lowest BCUT2D eigenvalue weighted by Crippen LogP contribution is -2.42. The third kappa shape index (κ3) is 5.59. The minimum absolute atomic E-state index is 0.0868.